The van der Waals surface area contributed by atoms with E-state index in [1.807, 2.05) is 0 Å². The van der Waals surface area contributed by atoms with Gasteiger partial charge in [-0.2, -0.15) is 0 Å². The smallest absolute Gasteiger partial charge is 0.00886 e. The summed E-state index contributed by atoms with van der Waals surface area (Å²) in [5, 5.41) is 0. The molecular weight excluding hydrogens is 170 g/mol. The Morgan fingerprint density at radius 1 is 0.786 bits per heavy atom. The van der Waals surface area contributed by atoms with Crippen molar-refractivity contribution in [3.05, 3.63) is 0 Å². The fourth-order valence-electron chi connectivity index (χ4n) is 1.35. The van der Waals surface area contributed by atoms with E-state index in [2.05, 4.69) is 18.8 Å². The zero-order valence-electron chi connectivity index (χ0n) is 9.65. The Balaban J connectivity index is 3.03. The average molecular weight is 195 g/mol. The van der Waals surface area contributed by atoms with E-state index in [4.69, 9.17) is 5.73 Å². The third kappa shape index (κ3) is 11.5. The van der Waals surface area contributed by atoms with Crippen LogP contribution in [0, 0.1) is 11.8 Å². The summed E-state index contributed by atoms with van der Waals surface area (Å²) in [7, 11) is 0. The van der Waals surface area contributed by atoms with Crippen LogP contribution in [-0.2, 0) is 0 Å². The molecule has 0 spiro atoms. The number of rotatable bonds is 8. The molecule has 0 aromatic carbocycles. The minimum absolute atomic E-state index is 0.824. The van der Waals surface area contributed by atoms with Crippen molar-refractivity contribution in [1.29, 1.82) is 0 Å². The molecule has 82 valence electrons. The first-order chi connectivity index (χ1) is 6.91. The quantitative estimate of drug-likeness (QED) is 0.466. The third-order valence-electron chi connectivity index (χ3n) is 2.29. The summed E-state index contributed by atoms with van der Waals surface area (Å²) in [4.78, 5) is 0. The van der Waals surface area contributed by atoms with Crippen molar-refractivity contribution >= 4 is 0 Å². The Morgan fingerprint density at radius 3 is 1.86 bits per heavy atom. The predicted molar refractivity (Wildman–Crippen MR) is 64.1 cm³/mol. The largest absolute Gasteiger partial charge is 0.330 e. The molecule has 0 aliphatic heterocycles. The molecule has 1 heteroatoms. The SMILES string of the molecule is CCCCCCC#CCCCCCN. The number of nitrogens with two attached hydrogens (primary N) is 1. The maximum atomic E-state index is 5.40. The first-order valence-corrected chi connectivity index (χ1v) is 6.07. The van der Waals surface area contributed by atoms with Crippen LogP contribution in [0.4, 0.5) is 0 Å². The molecule has 0 saturated heterocycles. The lowest BCUT2D eigenvalue weighted by Crippen LogP contribution is -1.97. The van der Waals surface area contributed by atoms with Crippen molar-refractivity contribution in [1.82, 2.24) is 0 Å². The number of hydrogen-bond acceptors (Lipinski definition) is 1. The molecule has 0 fully saturated rings. The normalized spacial score (nSPS) is 9.57. The van der Waals surface area contributed by atoms with Crippen molar-refractivity contribution in [3.63, 3.8) is 0 Å². The minimum Gasteiger partial charge on any atom is -0.330 e. The molecule has 0 bridgehead atoms. The van der Waals surface area contributed by atoms with E-state index in [9.17, 15) is 0 Å². The Kier molecular flexibility index (Phi) is 12.1. The highest BCUT2D eigenvalue weighted by Crippen LogP contribution is 2.01. The molecule has 0 heterocycles. The van der Waals surface area contributed by atoms with Crippen LogP contribution in [0.5, 0.6) is 0 Å². The minimum atomic E-state index is 0.824. The molecule has 1 nitrogen and oxygen atoms in total. The van der Waals surface area contributed by atoms with Crippen molar-refractivity contribution in [2.75, 3.05) is 6.54 Å². The highest BCUT2D eigenvalue weighted by molar-refractivity contribution is 4.98. The van der Waals surface area contributed by atoms with Gasteiger partial charge in [0.1, 0.15) is 0 Å². The van der Waals surface area contributed by atoms with Crippen LogP contribution in [0.25, 0.3) is 0 Å². The lowest BCUT2D eigenvalue weighted by molar-refractivity contribution is 0.678. The van der Waals surface area contributed by atoms with Crippen LogP contribution in [-0.4, -0.2) is 6.54 Å². The van der Waals surface area contributed by atoms with Gasteiger partial charge in [0.05, 0.1) is 0 Å². The molecule has 0 radical (unpaired) electrons. The van der Waals surface area contributed by atoms with Gasteiger partial charge < -0.3 is 5.73 Å². The van der Waals surface area contributed by atoms with E-state index >= 15 is 0 Å². The summed E-state index contributed by atoms with van der Waals surface area (Å²) in [6.07, 6.45) is 11.1. The van der Waals surface area contributed by atoms with Gasteiger partial charge in [0.2, 0.25) is 0 Å². The second-order valence-corrected chi connectivity index (χ2v) is 3.76. The van der Waals surface area contributed by atoms with Crippen molar-refractivity contribution < 1.29 is 0 Å². The highest BCUT2D eigenvalue weighted by Gasteiger charge is 1.85. The van der Waals surface area contributed by atoms with Gasteiger partial charge in [-0.05, 0) is 25.8 Å². The van der Waals surface area contributed by atoms with Gasteiger partial charge in [-0.1, -0.05) is 32.6 Å². The Morgan fingerprint density at radius 2 is 1.36 bits per heavy atom. The maximum Gasteiger partial charge on any atom is 0.00886 e. The Hall–Kier alpha value is -0.480. The monoisotopic (exact) mass is 195 g/mol. The Labute approximate surface area is 89.5 Å². The second kappa shape index (κ2) is 12.5. The maximum absolute atomic E-state index is 5.40. The van der Waals surface area contributed by atoms with Gasteiger partial charge in [0.15, 0.2) is 0 Å². The van der Waals surface area contributed by atoms with E-state index in [0.717, 1.165) is 25.8 Å². The summed E-state index contributed by atoms with van der Waals surface area (Å²) in [6.45, 7) is 3.06. The summed E-state index contributed by atoms with van der Waals surface area (Å²) in [6, 6.07) is 0. The van der Waals surface area contributed by atoms with Gasteiger partial charge in [0.25, 0.3) is 0 Å². The van der Waals surface area contributed by atoms with Gasteiger partial charge >= 0.3 is 0 Å². The van der Waals surface area contributed by atoms with Crippen LogP contribution >= 0.6 is 0 Å². The molecule has 0 atom stereocenters. The zero-order chi connectivity index (χ0) is 10.5. The van der Waals surface area contributed by atoms with Crippen molar-refractivity contribution in [3.8, 4) is 11.8 Å². The summed E-state index contributed by atoms with van der Waals surface area (Å²) in [5.41, 5.74) is 5.40. The van der Waals surface area contributed by atoms with Crippen LogP contribution in [0.1, 0.15) is 64.7 Å². The summed E-state index contributed by atoms with van der Waals surface area (Å²) in [5.74, 6) is 6.47. The van der Waals surface area contributed by atoms with Gasteiger partial charge in [-0.3, -0.25) is 0 Å². The molecule has 0 aliphatic carbocycles. The van der Waals surface area contributed by atoms with Crippen molar-refractivity contribution in [2.45, 2.75) is 64.7 Å². The molecule has 0 saturated carbocycles. The molecule has 0 unspecified atom stereocenters. The van der Waals surface area contributed by atoms with E-state index in [-0.39, 0.29) is 0 Å². The topological polar surface area (TPSA) is 26.0 Å². The van der Waals surface area contributed by atoms with Crippen LogP contribution in [0.3, 0.4) is 0 Å². The lowest BCUT2D eigenvalue weighted by atomic mass is 10.1. The average Bonchev–Trinajstić information content (AvgIpc) is 2.21. The zero-order valence-corrected chi connectivity index (χ0v) is 9.65. The van der Waals surface area contributed by atoms with Gasteiger partial charge in [0, 0.05) is 12.8 Å². The molecule has 14 heavy (non-hydrogen) atoms. The van der Waals surface area contributed by atoms with Crippen molar-refractivity contribution in [2.24, 2.45) is 5.73 Å². The predicted octanol–water partition coefficient (Wildman–Crippen LogP) is 3.48. The molecule has 0 amide bonds. The van der Waals surface area contributed by atoms with E-state index in [1.54, 1.807) is 0 Å². The fraction of sp³-hybridized carbons (Fsp3) is 0.846. The van der Waals surface area contributed by atoms with E-state index < -0.39 is 0 Å². The lowest BCUT2D eigenvalue weighted by Gasteiger charge is -1.93. The van der Waals surface area contributed by atoms with Gasteiger partial charge in [-0.15, -0.1) is 11.8 Å². The summed E-state index contributed by atoms with van der Waals surface area (Å²) >= 11 is 0. The second-order valence-electron chi connectivity index (χ2n) is 3.76. The molecule has 0 aliphatic rings. The third-order valence-corrected chi connectivity index (χ3v) is 2.29. The first-order valence-electron chi connectivity index (χ1n) is 6.07. The number of unbranched alkanes of at least 4 members (excludes halogenated alkanes) is 7. The van der Waals surface area contributed by atoms with E-state index in [1.165, 1.54) is 38.5 Å². The molecule has 0 rings (SSSR count). The molecule has 2 N–H and O–H groups in total. The molecule has 0 aromatic rings. The molecular formula is C13H25N. The first kappa shape index (κ1) is 13.5. The van der Waals surface area contributed by atoms with Crippen LogP contribution < -0.4 is 5.73 Å². The summed E-state index contributed by atoms with van der Waals surface area (Å²) < 4.78 is 0. The standard InChI is InChI=1S/C13H25N/c1-2-3-4-5-6-7-8-9-10-11-12-13-14/h2-6,9-14H2,1H3. The Bertz CT molecular complexity index is 136. The number of hydrogen-bond donors (Lipinski definition) is 1. The van der Waals surface area contributed by atoms with Crippen LogP contribution in [0.2, 0.25) is 0 Å². The molecule has 0 aromatic heterocycles. The highest BCUT2D eigenvalue weighted by atomic mass is 14.5. The van der Waals surface area contributed by atoms with E-state index in [0.29, 0.717) is 0 Å². The van der Waals surface area contributed by atoms with Crippen LogP contribution in [0.15, 0.2) is 0 Å². The van der Waals surface area contributed by atoms with Gasteiger partial charge in [-0.25, -0.2) is 0 Å². The fourth-order valence-corrected chi connectivity index (χ4v) is 1.35.